The Morgan fingerprint density at radius 2 is 1.91 bits per heavy atom. The van der Waals surface area contributed by atoms with Gasteiger partial charge in [-0.15, -0.1) is 0 Å². The van der Waals surface area contributed by atoms with Gasteiger partial charge in [0, 0.05) is 13.1 Å². The summed E-state index contributed by atoms with van der Waals surface area (Å²) in [5, 5.41) is 3.93. The second kappa shape index (κ2) is 7.37. The Morgan fingerprint density at radius 3 is 2.43 bits per heavy atom. The summed E-state index contributed by atoms with van der Waals surface area (Å²) in [4.78, 5) is 16.2. The molecule has 1 heterocycles. The van der Waals surface area contributed by atoms with Crippen LogP contribution in [-0.4, -0.2) is 42.0 Å². The predicted molar refractivity (Wildman–Crippen MR) is 85.2 cm³/mol. The Hall–Kier alpha value is -2.21. The topological polar surface area (TPSA) is 49.6 Å². The van der Waals surface area contributed by atoms with Crippen LogP contribution in [0.5, 0.6) is 0 Å². The van der Waals surface area contributed by atoms with Crippen molar-refractivity contribution in [1.82, 2.24) is 15.0 Å². The number of rotatable bonds is 6. The third-order valence-corrected chi connectivity index (χ3v) is 3.68. The van der Waals surface area contributed by atoms with Crippen molar-refractivity contribution in [2.45, 2.75) is 25.9 Å². The number of carbonyl (C=O) groups excluding carboxylic acids is 1. The summed E-state index contributed by atoms with van der Waals surface area (Å²) in [6.45, 7) is 2.34. The van der Waals surface area contributed by atoms with Gasteiger partial charge < -0.3 is 9.42 Å². The third-order valence-electron chi connectivity index (χ3n) is 3.68. The fraction of sp³-hybridized carbons (Fsp3) is 0.412. The van der Waals surface area contributed by atoms with E-state index in [0.29, 0.717) is 12.3 Å². The van der Waals surface area contributed by atoms with Crippen LogP contribution in [0.1, 0.15) is 30.0 Å². The van der Waals surface area contributed by atoms with Crippen molar-refractivity contribution < 1.29 is 13.7 Å². The SMILES string of the molecule is CCc1cc(CN(C)C(=O)C(c2ccc(F)cc2)N(C)C)on1. The van der Waals surface area contributed by atoms with Crippen LogP contribution in [-0.2, 0) is 17.8 Å². The van der Waals surface area contributed by atoms with E-state index in [-0.39, 0.29) is 11.7 Å². The number of hydrogen-bond donors (Lipinski definition) is 0. The van der Waals surface area contributed by atoms with E-state index in [0.717, 1.165) is 17.7 Å². The fourth-order valence-electron chi connectivity index (χ4n) is 2.42. The van der Waals surface area contributed by atoms with E-state index in [9.17, 15) is 9.18 Å². The smallest absolute Gasteiger partial charge is 0.244 e. The molecule has 6 heteroatoms. The number of nitrogens with zero attached hydrogens (tertiary/aromatic N) is 3. The Balaban J connectivity index is 2.15. The van der Waals surface area contributed by atoms with Crippen molar-refractivity contribution in [3.8, 4) is 0 Å². The standard InChI is InChI=1S/C17H22FN3O2/c1-5-14-10-15(23-19-14)11-21(4)17(22)16(20(2)3)12-6-8-13(18)9-7-12/h6-10,16H,5,11H2,1-4H3. The minimum Gasteiger partial charge on any atom is -0.359 e. The van der Waals surface area contributed by atoms with E-state index in [1.54, 1.807) is 24.1 Å². The lowest BCUT2D eigenvalue weighted by Crippen LogP contribution is -2.38. The zero-order valence-corrected chi connectivity index (χ0v) is 13.9. The lowest BCUT2D eigenvalue weighted by molar-refractivity contribution is -0.135. The maximum Gasteiger partial charge on any atom is 0.244 e. The summed E-state index contributed by atoms with van der Waals surface area (Å²) in [5.41, 5.74) is 1.61. The van der Waals surface area contributed by atoms with Crippen LogP contribution in [0.2, 0.25) is 0 Å². The van der Waals surface area contributed by atoms with Crippen molar-refractivity contribution >= 4 is 5.91 Å². The summed E-state index contributed by atoms with van der Waals surface area (Å²) >= 11 is 0. The highest BCUT2D eigenvalue weighted by molar-refractivity contribution is 5.83. The molecule has 2 aromatic rings. The van der Waals surface area contributed by atoms with E-state index in [1.807, 2.05) is 32.0 Å². The number of carbonyl (C=O) groups is 1. The quantitative estimate of drug-likeness (QED) is 0.821. The van der Waals surface area contributed by atoms with Gasteiger partial charge in [0.05, 0.1) is 12.2 Å². The first kappa shape index (κ1) is 17.1. The minimum atomic E-state index is -0.478. The Bertz CT molecular complexity index is 652. The highest BCUT2D eigenvalue weighted by Crippen LogP contribution is 2.22. The van der Waals surface area contributed by atoms with Gasteiger partial charge in [-0.2, -0.15) is 0 Å². The molecule has 0 spiro atoms. The van der Waals surface area contributed by atoms with Crippen LogP contribution in [0.25, 0.3) is 0 Å². The molecule has 2 rings (SSSR count). The van der Waals surface area contributed by atoms with Gasteiger partial charge >= 0.3 is 0 Å². The summed E-state index contributed by atoms with van der Waals surface area (Å²) in [5.74, 6) is 0.242. The van der Waals surface area contributed by atoms with E-state index >= 15 is 0 Å². The van der Waals surface area contributed by atoms with Gasteiger partial charge in [0.15, 0.2) is 5.76 Å². The molecule has 1 aromatic carbocycles. The average molecular weight is 319 g/mol. The third kappa shape index (κ3) is 4.16. The Morgan fingerprint density at radius 1 is 1.26 bits per heavy atom. The molecule has 1 aromatic heterocycles. The van der Waals surface area contributed by atoms with Crippen LogP contribution in [0.15, 0.2) is 34.9 Å². The van der Waals surface area contributed by atoms with E-state index in [2.05, 4.69) is 5.16 Å². The summed E-state index contributed by atoms with van der Waals surface area (Å²) < 4.78 is 18.3. The Kier molecular flexibility index (Phi) is 5.50. The van der Waals surface area contributed by atoms with Crippen LogP contribution >= 0.6 is 0 Å². The van der Waals surface area contributed by atoms with Gasteiger partial charge in [-0.05, 0) is 38.2 Å². The number of likely N-dealkylation sites (N-methyl/N-ethyl adjacent to an activating group) is 2. The van der Waals surface area contributed by atoms with Crippen LogP contribution in [0.4, 0.5) is 4.39 Å². The lowest BCUT2D eigenvalue weighted by atomic mass is 10.0. The maximum atomic E-state index is 13.1. The van der Waals surface area contributed by atoms with E-state index in [4.69, 9.17) is 4.52 Å². The molecule has 0 aliphatic rings. The number of aryl methyl sites for hydroxylation is 1. The minimum absolute atomic E-state index is 0.0870. The summed E-state index contributed by atoms with van der Waals surface area (Å²) in [7, 11) is 5.36. The number of amides is 1. The van der Waals surface area contributed by atoms with E-state index < -0.39 is 6.04 Å². The van der Waals surface area contributed by atoms with Gasteiger partial charge in [0.2, 0.25) is 5.91 Å². The van der Waals surface area contributed by atoms with Crippen molar-refractivity contribution in [2.75, 3.05) is 21.1 Å². The number of aromatic nitrogens is 1. The molecule has 0 aliphatic heterocycles. The average Bonchev–Trinajstić information content (AvgIpc) is 2.96. The second-order valence-corrected chi connectivity index (χ2v) is 5.75. The molecule has 0 aliphatic carbocycles. The predicted octanol–water partition coefficient (Wildman–Crippen LogP) is 2.64. The first-order chi connectivity index (χ1) is 10.9. The van der Waals surface area contributed by atoms with Crippen molar-refractivity contribution in [1.29, 1.82) is 0 Å². The molecule has 1 amide bonds. The van der Waals surface area contributed by atoms with Gasteiger partial charge in [-0.1, -0.05) is 24.2 Å². The molecule has 23 heavy (non-hydrogen) atoms. The van der Waals surface area contributed by atoms with Gasteiger partial charge in [0.1, 0.15) is 11.9 Å². The number of benzene rings is 1. The normalized spacial score (nSPS) is 12.4. The highest BCUT2D eigenvalue weighted by Gasteiger charge is 2.26. The fourth-order valence-corrected chi connectivity index (χ4v) is 2.42. The molecule has 0 bridgehead atoms. The van der Waals surface area contributed by atoms with Gasteiger partial charge in [-0.3, -0.25) is 9.69 Å². The first-order valence-electron chi connectivity index (χ1n) is 7.53. The molecular weight excluding hydrogens is 297 g/mol. The lowest BCUT2D eigenvalue weighted by Gasteiger charge is -2.28. The zero-order valence-electron chi connectivity index (χ0n) is 13.9. The molecule has 1 unspecified atom stereocenters. The molecule has 0 saturated carbocycles. The molecule has 0 radical (unpaired) electrons. The highest BCUT2D eigenvalue weighted by atomic mass is 19.1. The van der Waals surface area contributed by atoms with Gasteiger partial charge in [-0.25, -0.2) is 4.39 Å². The van der Waals surface area contributed by atoms with Crippen molar-refractivity contribution in [2.24, 2.45) is 0 Å². The molecule has 0 fully saturated rings. The number of halogens is 1. The molecule has 124 valence electrons. The molecule has 1 atom stereocenters. The first-order valence-corrected chi connectivity index (χ1v) is 7.53. The number of hydrogen-bond acceptors (Lipinski definition) is 4. The summed E-state index contributed by atoms with van der Waals surface area (Å²) in [6, 6.07) is 7.37. The van der Waals surface area contributed by atoms with Gasteiger partial charge in [0.25, 0.3) is 0 Å². The monoisotopic (exact) mass is 319 g/mol. The molecule has 0 saturated heterocycles. The largest absolute Gasteiger partial charge is 0.359 e. The Labute approximate surface area is 135 Å². The zero-order chi connectivity index (χ0) is 17.0. The molecule has 0 N–H and O–H groups in total. The molecule has 5 nitrogen and oxygen atoms in total. The van der Waals surface area contributed by atoms with Crippen LogP contribution < -0.4 is 0 Å². The van der Waals surface area contributed by atoms with Crippen LogP contribution in [0.3, 0.4) is 0 Å². The van der Waals surface area contributed by atoms with Crippen LogP contribution in [0, 0.1) is 5.82 Å². The maximum absolute atomic E-state index is 13.1. The van der Waals surface area contributed by atoms with Crippen molar-refractivity contribution in [3.05, 3.63) is 53.2 Å². The molecular formula is C17H22FN3O2. The second-order valence-electron chi connectivity index (χ2n) is 5.75. The summed E-state index contributed by atoms with van der Waals surface area (Å²) in [6.07, 6.45) is 0.789. The van der Waals surface area contributed by atoms with Crippen molar-refractivity contribution in [3.63, 3.8) is 0 Å². The van der Waals surface area contributed by atoms with E-state index in [1.165, 1.54) is 12.1 Å².